The van der Waals surface area contributed by atoms with E-state index in [1.807, 2.05) is 6.20 Å². The summed E-state index contributed by atoms with van der Waals surface area (Å²) in [5, 5.41) is 0. The van der Waals surface area contributed by atoms with Crippen LogP contribution < -0.4 is 5.59 Å². The molecule has 1 fully saturated rings. The van der Waals surface area contributed by atoms with Gasteiger partial charge in [-0.25, -0.2) is 0 Å². The molecule has 1 aliphatic rings. The largest absolute Gasteiger partial charge is 0.272 e. The highest BCUT2D eigenvalue weighted by Crippen LogP contribution is 2.41. The van der Waals surface area contributed by atoms with Gasteiger partial charge in [0.15, 0.2) is 7.85 Å². The van der Waals surface area contributed by atoms with Crippen molar-refractivity contribution in [2.75, 3.05) is 0 Å². The lowest BCUT2D eigenvalue weighted by Crippen LogP contribution is -2.17. The molecule has 1 saturated carbocycles. The van der Waals surface area contributed by atoms with E-state index in [-0.39, 0.29) is 0 Å². The summed E-state index contributed by atoms with van der Waals surface area (Å²) in [6.07, 6.45) is 4.68. The van der Waals surface area contributed by atoms with Gasteiger partial charge in [-0.05, 0) is 47.5 Å². The molecule has 1 aliphatic carbocycles. The quantitative estimate of drug-likeness (QED) is 0.615. The van der Waals surface area contributed by atoms with E-state index in [0.29, 0.717) is 5.92 Å². The highest BCUT2D eigenvalue weighted by atomic mass is 14.7. The normalized spacial score (nSPS) is 16.5. The molecule has 0 N–H and O–H groups in total. The van der Waals surface area contributed by atoms with E-state index in [1.165, 1.54) is 29.6 Å². The third-order valence-electron chi connectivity index (χ3n) is 2.83. The molecule has 0 aliphatic heterocycles. The van der Waals surface area contributed by atoms with Crippen LogP contribution >= 0.6 is 0 Å². The highest BCUT2D eigenvalue weighted by Gasteiger charge is 2.28. The summed E-state index contributed by atoms with van der Waals surface area (Å²) in [5.74, 6) is 1.46. The van der Waals surface area contributed by atoms with Crippen molar-refractivity contribution >= 4 is 13.4 Å². The van der Waals surface area contributed by atoms with Gasteiger partial charge in [-0.2, -0.15) is 0 Å². The second-order valence-electron chi connectivity index (χ2n) is 4.33. The van der Waals surface area contributed by atoms with Crippen molar-refractivity contribution in [3.63, 3.8) is 0 Å². The van der Waals surface area contributed by atoms with Gasteiger partial charge in [0, 0.05) is 6.20 Å². The van der Waals surface area contributed by atoms with Gasteiger partial charge >= 0.3 is 0 Å². The van der Waals surface area contributed by atoms with Gasteiger partial charge in [0.1, 0.15) is 0 Å². The third-order valence-corrected chi connectivity index (χ3v) is 2.83. The van der Waals surface area contributed by atoms with Crippen molar-refractivity contribution in [2.24, 2.45) is 0 Å². The monoisotopic (exact) mass is 173 g/mol. The highest BCUT2D eigenvalue weighted by molar-refractivity contribution is 6.31. The Balaban J connectivity index is 2.47. The van der Waals surface area contributed by atoms with Gasteiger partial charge in [-0.3, -0.25) is 4.98 Å². The minimum Gasteiger partial charge on any atom is -0.272 e. The fourth-order valence-corrected chi connectivity index (χ4v) is 2.00. The first-order valence-electron chi connectivity index (χ1n) is 5.15. The maximum Gasteiger partial charge on any atom is 0.164 e. The summed E-state index contributed by atoms with van der Waals surface area (Å²) < 4.78 is 0. The molecule has 0 spiro atoms. The average molecular weight is 173 g/mol. The molecule has 2 rings (SSSR count). The fraction of sp³-hybridized carbons (Fsp3) is 0.545. The van der Waals surface area contributed by atoms with E-state index >= 15 is 0 Å². The SMILES string of the molecule is Bc1nccc(C(C)C)c1C1CC1. The predicted octanol–water partition coefficient (Wildman–Crippen LogP) is 1.34. The van der Waals surface area contributed by atoms with Crippen molar-refractivity contribution in [3.05, 3.63) is 23.4 Å². The molecule has 1 nitrogen and oxygen atoms in total. The first-order valence-corrected chi connectivity index (χ1v) is 5.15. The Morgan fingerprint density at radius 1 is 1.46 bits per heavy atom. The molecular weight excluding hydrogens is 157 g/mol. The van der Waals surface area contributed by atoms with E-state index in [4.69, 9.17) is 0 Å². The number of hydrogen-bond acceptors (Lipinski definition) is 1. The van der Waals surface area contributed by atoms with Gasteiger partial charge in [-0.1, -0.05) is 13.8 Å². The van der Waals surface area contributed by atoms with Crippen LogP contribution in [-0.4, -0.2) is 12.8 Å². The van der Waals surface area contributed by atoms with Crippen LogP contribution in [0.15, 0.2) is 12.3 Å². The van der Waals surface area contributed by atoms with Crippen LogP contribution in [-0.2, 0) is 0 Å². The van der Waals surface area contributed by atoms with Gasteiger partial charge in [-0.15, -0.1) is 0 Å². The van der Waals surface area contributed by atoms with Crippen LogP contribution in [0, 0.1) is 0 Å². The van der Waals surface area contributed by atoms with Gasteiger partial charge in [0.2, 0.25) is 0 Å². The standard InChI is InChI=1S/C11H16BN/c1-7(2)9-5-6-13-11(12)10(9)8-3-4-8/h5-8H,3-4,12H2,1-2H3. The molecule has 0 bridgehead atoms. The van der Waals surface area contributed by atoms with Crippen LogP contribution in [0.1, 0.15) is 49.7 Å². The summed E-state index contributed by atoms with van der Waals surface area (Å²) >= 11 is 0. The molecule has 1 aromatic heterocycles. The Hall–Kier alpha value is -0.785. The Kier molecular flexibility index (Phi) is 2.14. The van der Waals surface area contributed by atoms with Crippen LogP contribution in [0.4, 0.5) is 0 Å². The Morgan fingerprint density at radius 3 is 2.69 bits per heavy atom. The van der Waals surface area contributed by atoms with E-state index in [9.17, 15) is 0 Å². The number of nitrogens with zero attached hydrogens (tertiary/aromatic N) is 1. The average Bonchev–Trinajstić information content (AvgIpc) is 2.86. The predicted molar refractivity (Wildman–Crippen MR) is 58.5 cm³/mol. The second kappa shape index (κ2) is 3.17. The molecule has 0 unspecified atom stereocenters. The zero-order valence-corrected chi connectivity index (χ0v) is 8.67. The van der Waals surface area contributed by atoms with Crippen LogP contribution in [0.25, 0.3) is 0 Å². The summed E-state index contributed by atoms with van der Waals surface area (Å²) in [6.45, 7) is 4.53. The lowest BCUT2D eigenvalue weighted by molar-refractivity contribution is 0.840. The molecule has 0 aromatic carbocycles. The first kappa shape index (κ1) is 8.80. The molecule has 0 radical (unpaired) electrons. The van der Waals surface area contributed by atoms with Gasteiger partial charge in [0.25, 0.3) is 0 Å². The van der Waals surface area contributed by atoms with Gasteiger partial charge < -0.3 is 0 Å². The number of aromatic nitrogens is 1. The zero-order valence-electron chi connectivity index (χ0n) is 8.67. The smallest absolute Gasteiger partial charge is 0.164 e. The summed E-state index contributed by atoms with van der Waals surface area (Å²) in [4.78, 5) is 4.38. The van der Waals surface area contributed by atoms with E-state index in [2.05, 4.69) is 32.7 Å². The van der Waals surface area contributed by atoms with E-state index < -0.39 is 0 Å². The summed E-state index contributed by atoms with van der Waals surface area (Å²) in [7, 11) is 2.14. The number of pyridine rings is 1. The van der Waals surface area contributed by atoms with Crippen molar-refractivity contribution in [1.82, 2.24) is 4.98 Å². The lowest BCUT2D eigenvalue weighted by atomic mass is 9.87. The summed E-state index contributed by atoms with van der Waals surface area (Å²) in [5.41, 5.74) is 4.29. The minimum atomic E-state index is 0.636. The topological polar surface area (TPSA) is 12.9 Å². The Labute approximate surface area is 81.0 Å². The maximum atomic E-state index is 4.38. The zero-order chi connectivity index (χ0) is 9.42. The summed E-state index contributed by atoms with van der Waals surface area (Å²) in [6, 6.07) is 2.19. The van der Waals surface area contributed by atoms with Crippen LogP contribution in [0.5, 0.6) is 0 Å². The molecule has 13 heavy (non-hydrogen) atoms. The van der Waals surface area contributed by atoms with Crippen LogP contribution in [0.2, 0.25) is 0 Å². The third kappa shape index (κ3) is 1.62. The number of rotatable bonds is 2. The molecule has 1 aromatic rings. The molecule has 1 heterocycles. The van der Waals surface area contributed by atoms with Crippen molar-refractivity contribution in [3.8, 4) is 0 Å². The van der Waals surface area contributed by atoms with Crippen molar-refractivity contribution in [1.29, 1.82) is 0 Å². The number of hydrogen-bond donors (Lipinski definition) is 0. The van der Waals surface area contributed by atoms with Gasteiger partial charge in [0.05, 0.1) is 0 Å². The van der Waals surface area contributed by atoms with Crippen molar-refractivity contribution < 1.29 is 0 Å². The molecule has 0 atom stereocenters. The molecule has 2 heteroatoms. The Bertz CT molecular complexity index is 316. The first-order chi connectivity index (χ1) is 6.20. The minimum absolute atomic E-state index is 0.636. The Morgan fingerprint density at radius 2 is 2.15 bits per heavy atom. The van der Waals surface area contributed by atoms with Crippen LogP contribution in [0.3, 0.4) is 0 Å². The lowest BCUT2D eigenvalue weighted by Gasteiger charge is -2.13. The second-order valence-corrected chi connectivity index (χ2v) is 4.33. The van der Waals surface area contributed by atoms with E-state index in [0.717, 1.165) is 5.92 Å². The fourth-order valence-electron chi connectivity index (χ4n) is 2.00. The molecule has 0 amide bonds. The molecule has 0 saturated heterocycles. The maximum absolute atomic E-state index is 4.38. The van der Waals surface area contributed by atoms with Crippen molar-refractivity contribution in [2.45, 2.75) is 38.5 Å². The molecular formula is C11H16BN. The molecule has 68 valence electrons. The van der Waals surface area contributed by atoms with E-state index in [1.54, 1.807) is 0 Å².